The molecule has 2 atom stereocenters. The molecule has 0 radical (unpaired) electrons. The largest absolute Gasteiger partial charge is 0.480 e. The minimum Gasteiger partial charge on any atom is -0.480 e. The van der Waals surface area contributed by atoms with E-state index in [0.717, 1.165) is 24.8 Å². The third-order valence-electron chi connectivity index (χ3n) is 5.44. The number of rotatable bonds is 6. The van der Waals surface area contributed by atoms with Crippen molar-refractivity contribution in [2.75, 3.05) is 26.2 Å². The molecule has 5 nitrogen and oxygen atoms in total. The third kappa shape index (κ3) is 4.18. The van der Waals surface area contributed by atoms with Crippen molar-refractivity contribution in [3.05, 3.63) is 35.6 Å². The van der Waals surface area contributed by atoms with E-state index in [-0.39, 0.29) is 36.1 Å². The van der Waals surface area contributed by atoms with Crippen molar-refractivity contribution in [1.29, 1.82) is 0 Å². The van der Waals surface area contributed by atoms with Crippen molar-refractivity contribution in [3.63, 3.8) is 0 Å². The number of halogens is 1. The van der Waals surface area contributed by atoms with E-state index in [1.165, 1.54) is 12.1 Å². The molecule has 25 heavy (non-hydrogen) atoms. The summed E-state index contributed by atoms with van der Waals surface area (Å²) in [6.07, 6.45) is 2.48. The van der Waals surface area contributed by atoms with E-state index in [2.05, 4.69) is 0 Å². The molecule has 1 aromatic carbocycles. The molecule has 3 rings (SSSR count). The Hall–Kier alpha value is -1.95. The van der Waals surface area contributed by atoms with Crippen LogP contribution in [0.5, 0.6) is 0 Å². The molecule has 2 fully saturated rings. The van der Waals surface area contributed by atoms with Crippen LogP contribution >= 0.6 is 0 Å². The van der Waals surface area contributed by atoms with E-state index < -0.39 is 5.97 Å². The Morgan fingerprint density at radius 3 is 2.44 bits per heavy atom. The molecular formula is C19H25FN2O3. The second kappa shape index (κ2) is 7.52. The van der Waals surface area contributed by atoms with Gasteiger partial charge in [0.05, 0.1) is 6.54 Å². The van der Waals surface area contributed by atoms with Crippen molar-refractivity contribution in [2.24, 2.45) is 5.92 Å². The van der Waals surface area contributed by atoms with Crippen molar-refractivity contribution >= 4 is 11.9 Å². The topological polar surface area (TPSA) is 60.9 Å². The molecule has 1 saturated carbocycles. The fourth-order valence-corrected chi connectivity index (χ4v) is 3.91. The summed E-state index contributed by atoms with van der Waals surface area (Å²) < 4.78 is 13.0. The number of piperidine rings is 1. The molecule has 1 aliphatic heterocycles. The summed E-state index contributed by atoms with van der Waals surface area (Å²) >= 11 is 0. The van der Waals surface area contributed by atoms with E-state index in [0.29, 0.717) is 19.6 Å². The molecule has 1 aromatic rings. The van der Waals surface area contributed by atoms with Crippen LogP contribution in [-0.2, 0) is 9.59 Å². The summed E-state index contributed by atoms with van der Waals surface area (Å²) in [4.78, 5) is 27.5. The third-order valence-corrected chi connectivity index (χ3v) is 5.44. The van der Waals surface area contributed by atoms with Crippen LogP contribution in [-0.4, -0.2) is 59.0 Å². The van der Waals surface area contributed by atoms with E-state index in [9.17, 15) is 14.0 Å². The van der Waals surface area contributed by atoms with Crippen LogP contribution in [0.25, 0.3) is 0 Å². The average Bonchev–Trinajstić information content (AvgIpc) is 3.40. The Labute approximate surface area is 147 Å². The van der Waals surface area contributed by atoms with Gasteiger partial charge in [-0.1, -0.05) is 19.1 Å². The maximum Gasteiger partial charge on any atom is 0.317 e. The first-order chi connectivity index (χ1) is 12.0. The molecule has 1 N–H and O–H groups in total. The van der Waals surface area contributed by atoms with Gasteiger partial charge in [0.2, 0.25) is 5.91 Å². The lowest BCUT2D eigenvalue weighted by Crippen LogP contribution is -2.48. The number of likely N-dealkylation sites (N-methyl/N-ethyl adjacent to an activating group) is 1. The summed E-state index contributed by atoms with van der Waals surface area (Å²) in [5, 5.41) is 8.99. The van der Waals surface area contributed by atoms with Crippen molar-refractivity contribution in [3.8, 4) is 0 Å². The zero-order chi connectivity index (χ0) is 18.0. The first-order valence-electron chi connectivity index (χ1n) is 8.99. The van der Waals surface area contributed by atoms with Gasteiger partial charge in [0.25, 0.3) is 0 Å². The van der Waals surface area contributed by atoms with Crippen molar-refractivity contribution in [1.82, 2.24) is 9.80 Å². The molecule has 6 heteroatoms. The van der Waals surface area contributed by atoms with Gasteiger partial charge in [0.1, 0.15) is 5.82 Å². The molecule has 0 spiro atoms. The number of hydrogen-bond acceptors (Lipinski definition) is 3. The highest BCUT2D eigenvalue weighted by atomic mass is 19.1. The maximum absolute atomic E-state index is 13.0. The summed E-state index contributed by atoms with van der Waals surface area (Å²) in [6, 6.07) is 6.66. The zero-order valence-corrected chi connectivity index (χ0v) is 14.5. The predicted octanol–water partition coefficient (Wildman–Crippen LogP) is 2.33. The van der Waals surface area contributed by atoms with Crippen LogP contribution in [0.1, 0.15) is 37.7 Å². The highest BCUT2D eigenvalue weighted by Crippen LogP contribution is 2.48. The number of hydrogen-bond donors (Lipinski definition) is 1. The molecule has 2 unspecified atom stereocenters. The van der Waals surface area contributed by atoms with E-state index in [1.54, 1.807) is 12.1 Å². The number of nitrogens with zero attached hydrogens (tertiary/aromatic N) is 2. The zero-order valence-electron chi connectivity index (χ0n) is 14.5. The van der Waals surface area contributed by atoms with Gasteiger partial charge in [0.15, 0.2) is 0 Å². The minimum atomic E-state index is -0.805. The lowest BCUT2D eigenvalue weighted by atomic mass is 10.0. The standard InChI is InChI=1S/C19H25FN2O3/c1-2-21(12-18(23)24)15-7-9-22(10-8-15)19(25)17-11-16(17)13-3-5-14(20)6-4-13/h3-6,15-17H,2,7-12H2,1H3,(H,23,24). The van der Waals surface area contributed by atoms with Gasteiger partial charge in [-0.25, -0.2) is 4.39 Å². The van der Waals surface area contributed by atoms with Crippen LogP contribution in [0.2, 0.25) is 0 Å². The lowest BCUT2D eigenvalue weighted by molar-refractivity contribution is -0.140. The monoisotopic (exact) mass is 348 g/mol. The Bertz CT molecular complexity index is 626. The number of benzene rings is 1. The first kappa shape index (κ1) is 17.9. The number of carboxylic acid groups (broad SMARTS) is 1. The summed E-state index contributed by atoms with van der Waals surface area (Å²) in [5.41, 5.74) is 1.04. The van der Waals surface area contributed by atoms with Gasteiger partial charge in [-0.15, -0.1) is 0 Å². The van der Waals surface area contributed by atoms with Crippen LogP contribution in [0.4, 0.5) is 4.39 Å². The van der Waals surface area contributed by atoms with Crippen molar-refractivity contribution in [2.45, 2.75) is 38.1 Å². The summed E-state index contributed by atoms with van der Waals surface area (Å²) in [5.74, 6) is -0.640. The fourth-order valence-electron chi connectivity index (χ4n) is 3.91. The molecule has 0 bridgehead atoms. The number of amides is 1. The number of carboxylic acids is 1. The molecule has 0 aromatic heterocycles. The Kier molecular flexibility index (Phi) is 5.37. The van der Waals surface area contributed by atoms with Crippen LogP contribution in [0, 0.1) is 11.7 Å². The van der Waals surface area contributed by atoms with Crippen LogP contribution in [0.3, 0.4) is 0 Å². The Balaban J connectivity index is 1.51. The fraction of sp³-hybridized carbons (Fsp3) is 0.579. The number of likely N-dealkylation sites (tertiary alicyclic amines) is 1. The second-order valence-electron chi connectivity index (χ2n) is 7.01. The summed E-state index contributed by atoms with van der Waals surface area (Å²) in [7, 11) is 0. The predicted molar refractivity (Wildman–Crippen MR) is 91.7 cm³/mol. The van der Waals surface area contributed by atoms with Gasteiger partial charge in [-0.2, -0.15) is 0 Å². The highest BCUT2D eigenvalue weighted by Gasteiger charge is 2.46. The van der Waals surface area contributed by atoms with Crippen molar-refractivity contribution < 1.29 is 19.1 Å². The molecule has 1 heterocycles. The SMILES string of the molecule is CCN(CC(=O)O)C1CCN(C(=O)C2CC2c2ccc(F)cc2)CC1. The first-order valence-corrected chi connectivity index (χ1v) is 8.99. The van der Waals surface area contributed by atoms with Gasteiger partial charge in [0, 0.05) is 25.0 Å². The average molecular weight is 348 g/mol. The molecule has 1 saturated heterocycles. The maximum atomic E-state index is 13.0. The molecule has 136 valence electrons. The molecule has 2 aliphatic rings. The Morgan fingerprint density at radius 1 is 1.24 bits per heavy atom. The minimum absolute atomic E-state index is 0.0170. The van der Waals surface area contributed by atoms with Crippen LogP contribution < -0.4 is 0 Å². The van der Waals surface area contributed by atoms with E-state index in [1.807, 2.05) is 16.7 Å². The van der Waals surface area contributed by atoms with Gasteiger partial charge >= 0.3 is 5.97 Å². The van der Waals surface area contributed by atoms with Crippen LogP contribution in [0.15, 0.2) is 24.3 Å². The number of aliphatic carboxylic acids is 1. The lowest BCUT2D eigenvalue weighted by Gasteiger charge is -2.37. The van der Waals surface area contributed by atoms with E-state index >= 15 is 0 Å². The van der Waals surface area contributed by atoms with Gasteiger partial charge < -0.3 is 10.0 Å². The quantitative estimate of drug-likeness (QED) is 0.857. The number of carbonyl (C=O) groups excluding carboxylic acids is 1. The highest BCUT2D eigenvalue weighted by molar-refractivity contribution is 5.83. The molecule has 1 aliphatic carbocycles. The Morgan fingerprint density at radius 2 is 1.88 bits per heavy atom. The summed E-state index contributed by atoms with van der Waals surface area (Å²) in [6.45, 7) is 4.11. The van der Waals surface area contributed by atoms with Gasteiger partial charge in [-0.3, -0.25) is 14.5 Å². The van der Waals surface area contributed by atoms with E-state index in [4.69, 9.17) is 5.11 Å². The molecule has 1 amide bonds. The number of carbonyl (C=O) groups is 2. The normalized spacial score (nSPS) is 23.7. The smallest absolute Gasteiger partial charge is 0.317 e. The second-order valence-corrected chi connectivity index (χ2v) is 7.01. The molecular weight excluding hydrogens is 323 g/mol. The van der Waals surface area contributed by atoms with Gasteiger partial charge in [-0.05, 0) is 49.4 Å².